The number of aromatic nitrogens is 7. The highest BCUT2D eigenvalue weighted by Crippen LogP contribution is 2.35. The van der Waals surface area contributed by atoms with Gasteiger partial charge in [0.05, 0.1) is 47.7 Å². The minimum atomic E-state index is -2.87. The van der Waals surface area contributed by atoms with E-state index in [1.165, 1.54) is 28.2 Å². The van der Waals surface area contributed by atoms with E-state index in [2.05, 4.69) is 65.9 Å². The number of alkyl halides is 2. The molecule has 0 saturated carbocycles. The maximum atomic E-state index is 14.3. The summed E-state index contributed by atoms with van der Waals surface area (Å²) in [5.41, 5.74) is 4.87. The first-order valence-electron chi connectivity index (χ1n) is 23.0. The van der Waals surface area contributed by atoms with Crippen molar-refractivity contribution >= 4 is 51.6 Å². The summed E-state index contributed by atoms with van der Waals surface area (Å²) in [4.78, 5) is 63.2. The van der Waals surface area contributed by atoms with Crippen LogP contribution in [-0.2, 0) is 34.3 Å². The Kier molecular flexibility index (Phi) is 10.9. The third-order valence-electron chi connectivity index (χ3n) is 14.5. The van der Waals surface area contributed by atoms with Crippen molar-refractivity contribution in [3.63, 3.8) is 0 Å². The van der Waals surface area contributed by atoms with Gasteiger partial charge >= 0.3 is 5.69 Å². The van der Waals surface area contributed by atoms with Crippen LogP contribution in [0, 0.1) is 5.92 Å². The second-order valence-corrected chi connectivity index (χ2v) is 18.5. The molecule has 2 bridgehead atoms. The third-order valence-corrected chi connectivity index (χ3v) is 14.5. The number of amides is 3. The van der Waals surface area contributed by atoms with Crippen LogP contribution in [-0.4, -0.2) is 108 Å². The largest absolute Gasteiger partial charge is 0.374 e. The number of morpholine rings is 1. The van der Waals surface area contributed by atoms with Gasteiger partial charge in [0.2, 0.25) is 11.8 Å². The normalized spacial score (nSPS) is 22.1. The van der Waals surface area contributed by atoms with Crippen molar-refractivity contribution in [1.29, 1.82) is 0 Å². The van der Waals surface area contributed by atoms with Crippen LogP contribution in [0.2, 0.25) is 0 Å². The molecule has 6 aromatic rings. The number of carbonyl (C=O) groups is 3. The summed E-state index contributed by atoms with van der Waals surface area (Å²) in [6.45, 7) is 5.54. The standard InChI is InChI=1S/C47H52F2N12O5/c1-55-42-30(3-2-4-37(42)61(47(55)65)38-9-10-40(62)53-46(38)64)21-28-11-18-57(19-12-28)31-7-5-29(6-8-31)24-56-16-13-32(14-17-56)60-26-36(41(54-60)43(48)49)51-45(63)35-23-50-59-20-15-39(52-44(35)59)58-25-34-22-33(58)27-66-34/h2-8,15,20,23,26,28,32-34,38,43H,9-14,16-19,21-22,24-25,27H2,1H3,(H,51,63)(H,53,62,64)/t33-,34-,38?/m1/s1. The third kappa shape index (κ3) is 7.80. The summed E-state index contributed by atoms with van der Waals surface area (Å²) in [5, 5.41) is 13.7. The number of benzene rings is 2. The van der Waals surface area contributed by atoms with E-state index < -0.39 is 30.0 Å². The first-order chi connectivity index (χ1) is 32.0. The molecule has 4 aromatic heterocycles. The molecule has 5 aliphatic heterocycles. The first kappa shape index (κ1) is 42.2. The van der Waals surface area contributed by atoms with Crippen LogP contribution in [0.15, 0.2) is 71.9 Å². The molecule has 3 atom stereocenters. The molecular weight excluding hydrogens is 851 g/mol. The van der Waals surface area contributed by atoms with Gasteiger partial charge in [-0.3, -0.25) is 38.4 Å². The Morgan fingerprint density at radius 1 is 0.970 bits per heavy atom. The molecule has 66 heavy (non-hydrogen) atoms. The van der Waals surface area contributed by atoms with Crippen molar-refractivity contribution in [2.45, 2.75) is 88.6 Å². The number of nitrogens with one attached hydrogen (secondary N) is 2. The summed E-state index contributed by atoms with van der Waals surface area (Å²) in [5.74, 6) is -0.139. The Labute approximate surface area is 378 Å². The number of carbonyl (C=O) groups excluding carboxylic acids is 3. The molecule has 17 nitrogen and oxygen atoms in total. The Balaban J connectivity index is 0.678. The zero-order valence-corrected chi connectivity index (χ0v) is 36.7. The molecule has 5 fully saturated rings. The first-order valence-corrected chi connectivity index (χ1v) is 23.0. The van der Waals surface area contributed by atoms with E-state index in [1.807, 2.05) is 18.2 Å². The van der Waals surface area contributed by atoms with E-state index >= 15 is 0 Å². The zero-order chi connectivity index (χ0) is 45.2. The highest BCUT2D eigenvalue weighted by molar-refractivity contribution is 6.08. The predicted octanol–water partition coefficient (Wildman–Crippen LogP) is 5.02. The van der Waals surface area contributed by atoms with Gasteiger partial charge in [0.1, 0.15) is 17.4 Å². The number of imide groups is 1. The number of rotatable bonds is 11. The number of hydrogen-bond donors (Lipinski definition) is 2. The molecule has 344 valence electrons. The molecule has 5 aliphatic rings. The Morgan fingerprint density at radius 2 is 1.77 bits per heavy atom. The quantitative estimate of drug-likeness (QED) is 0.168. The summed E-state index contributed by atoms with van der Waals surface area (Å²) >= 11 is 0. The minimum Gasteiger partial charge on any atom is -0.374 e. The molecule has 3 amide bonds. The van der Waals surface area contributed by atoms with E-state index in [-0.39, 0.29) is 47.5 Å². The molecule has 1 unspecified atom stereocenters. The Hall–Kier alpha value is -6.47. The fraction of sp³-hybridized carbons (Fsp3) is 0.468. The lowest BCUT2D eigenvalue weighted by molar-refractivity contribution is -0.135. The number of aryl methyl sites for hydroxylation is 1. The highest BCUT2D eigenvalue weighted by atomic mass is 19.3. The van der Waals surface area contributed by atoms with Gasteiger partial charge in [0.15, 0.2) is 11.3 Å². The van der Waals surface area contributed by atoms with Gasteiger partial charge in [-0.1, -0.05) is 24.3 Å². The van der Waals surface area contributed by atoms with Gasteiger partial charge in [-0.25, -0.2) is 23.1 Å². The molecule has 5 saturated heterocycles. The van der Waals surface area contributed by atoms with Gasteiger partial charge in [-0.2, -0.15) is 10.2 Å². The topological polar surface area (TPSA) is 169 Å². The number of halogens is 2. The van der Waals surface area contributed by atoms with Gasteiger partial charge < -0.3 is 19.9 Å². The molecule has 19 heteroatoms. The van der Waals surface area contributed by atoms with Crippen LogP contribution >= 0.6 is 0 Å². The molecule has 2 N–H and O–H groups in total. The zero-order valence-electron chi connectivity index (χ0n) is 36.7. The molecule has 0 spiro atoms. The number of fused-ring (bicyclic) bond motifs is 4. The summed E-state index contributed by atoms with van der Waals surface area (Å²) < 4.78 is 40.7. The lowest BCUT2D eigenvalue weighted by atomic mass is 9.89. The summed E-state index contributed by atoms with van der Waals surface area (Å²) in [6, 6.07) is 16.0. The summed E-state index contributed by atoms with van der Waals surface area (Å²) in [6.07, 6.45) is 7.76. The van der Waals surface area contributed by atoms with Gasteiger partial charge in [-0.05, 0) is 86.3 Å². The number of likely N-dealkylation sites (tertiary alicyclic amines) is 1. The molecule has 2 aromatic carbocycles. The lowest BCUT2D eigenvalue weighted by Gasteiger charge is -2.34. The fourth-order valence-corrected chi connectivity index (χ4v) is 10.9. The number of piperidine rings is 3. The number of anilines is 3. The minimum absolute atomic E-state index is 0.0174. The highest BCUT2D eigenvalue weighted by Gasteiger charge is 2.40. The SMILES string of the molecule is Cn1c(=O)n(C2CCC(=O)NC2=O)c2cccc(CC3CCN(c4ccc(CN5CCC(n6cc(NC(=O)c7cnn8ccc(N9C[C@H]%10C[C@@H]9CO%10)nc78)c(C(F)F)n6)CC5)cc4)CC3)c21. The van der Waals surface area contributed by atoms with Crippen LogP contribution in [0.4, 0.5) is 26.0 Å². The number of ether oxygens (including phenoxy) is 1. The van der Waals surface area contributed by atoms with Crippen LogP contribution in [0.5, 0.6) is 0 Å². The van der Waals surface area contributed by atoms with Crippen molar-refractivity contribution in [3.8, 4) is 0 Å². The lowest BCUT2D eigenvalue weighted by Crippen LogP contribution is -2.44. The van der Waals surface area contributed by atoms with Crippen molar-refractivity contribution < 1.29 is 27.9 Å². The van der Waals surface area contributed by atoms with E-state index in [9.17, 15) is 28.0 Å². The average molecular weight is 903 g/mol. The maximum absolute atomic E-state index is 14.3. The summed E-state index contributed by atoms with van der Waals surface area (Å²) in [7, 11) is 1.76. The monoisotopic (exact) mass is 902 g/mol. The van der Waals surface area contributed by atoms with Crippen LogP contribution in [0.1, 0.15) is 90.6 Å². The van der Waals surface area contributed by atoms with E-state index in [0.717, 1.165) is 100 Å². The Bertz CT molecular complexity index is 2890. The van der Waals surface area contributed by atoms with Crippen molar-refractivity contribution in [2.75, 3.05) is 54.4 Å². The van der Waals surface area contributed by atoms with E-state index in [0.29, 0.717) is 24.6 Å². The molecular formula is C47H52F2N12O5. The number of hydrogen-bond acceptors (Lipinski definition) is 11. The van der Waals surface area contributed by atoms with Crippen LogP contribution in [0.25, 0.3) is 16.7 Å². The second-order valence-electron chi connectivity index (χ2n) is 18.5. The Morgan fingerprint density at radius 3 is 2.50 bits per heavy atom. The fourth-order valence-electron chi connectivity index (χ4n) is 10.9. The predicted molar refractivity (Wildman–Crippen MR) is 241 cm³/mol. The number of nitrogens with zero attached hydrogens (tertiary/aromatic N) is 10. The van der Waals surface area contributed by atoms with Gasteiger partial charge in [0, 0.05) is 70.8 Å². The van der Waals surface area contributed by atoms with Crippen molar-refractivity contribution in [1.82, 2.24) is 43.7 Å². The molecule has 9 heterocycles. The van der Waals surface area contributed by atoms with Crippen LogP contribution < -0.4 is 26.1 Å². The molecule has 11 rings (SSSR count). The number of imidazole rings is 1. The second kappa shape index (κ2) is 17.1. The van der Waals surface area contributed by atoms with E-state index in [4.69, 9.17) is 9.72 Å². The molecule has 0 aliphatic carbocycles. The van der Waals surface area contributed by atoms with Crippen molar-refractivity contribution in [3.05, 3.63) is 100.0 Å². The van der Waals surface area contributed by atoms with Crippen molar-refractivity contribution in [2.24, 2.45) is 13.0 Å². The van der Waals surface area contributed by atoms with Gasteiger partial charge in [-0.15, -0.1) is 0 Å². The van der Waals surface area contributed by atoms with Gasteiger partial charge in [0.25, 0.3) is 12.3 Å². The molecule has 0 radical (unpaired) electrons. The van der Waals surface area contributed by atoms with E-state index in [1.54, 1.807) is 27.1 Å². The smallest absolute Gasteiger partial charge is 0.329 e. The number of para-hydroxylation sites is 1. The maximum Gasteiger partial charge on any atom is 0.329 e. The average Bonchev–Trinajstić information content (AvgIpc) is 4.18. The van der Waals surface area contributed by atoms with Crippen LogP contribution in [0.3, 0.4) is 0 Å².